The van der Waals surface area contributed by atoms with E-state index in [0.29, 0.717) is 11.6 Å². The summed E-state index contributed by atoms with van der Waals surface area (Å²) in [6, 6.07) is 2.13. The Hall–Kier alpha value is -1.36. The number of piperidine rings is 1. The molecule has 0 bridgehead atoms. The second-order valence-corrected chi connectivity index (χ2v) is 5.37. The number of nitrogens with zero attached hydrogens (tertiary/aromatic N) is 3. The molecule has 0 spiro atoms. The maximum absolute atomic E-state index is 12.5. The molecule has 2 heterocycles. The topological polar surface area (TPSA) is 64.2 Å². The van der Waals surface area contributed by atoms with Crippen molar-refractivity contribution in [1.29, 1.82) is 0 Å². The minimum Gasteiger partial charge on any atom is -0.337 e. The van der Waals surface area contributed by atoms with Crippen molar-refractivity contribution < 1.29 is 4.79 Å². The van der Waals surface area contributed by atoms with Crippen LogP contribution in [-0.2, 0) is 13.5 Å². The van der Waals surface area contributed by atoms with Crippen LogP contribution in [0.1, 0.15) is 42.9 Å². The summed E-state index contributed by atoms with van der Waals surface area (Å²) in [5.41, 5.74) is 7.74. The van der Waals surface area contributed by atoms with E-state index in [4.69, 9.17) is 5.73 Å². The number of amides is 1. The fourth-order valence-electron chi connectivity index (χ4n) is 2.73. The van der Waals surface area contributed by atoms with Gasteiger partial charge in [-0.2, -0.15) is 5.10 Å². The fourth-order valence-corrected chi connectivity index (χ4v) is 2.73. The number of aromatic nitrogens is 2. The summed E-state index contributed by atoms with van der Waals surface area (Å²) in [5, 5.41) is 4.34. The van der Waals surface area contributed by atoms with Gasteiger partial charge in [-0.15, -0.1) is 0 Å². The number of aryl methyl sites for hydroxylation is 2. The molecule has 5 heteroatoms. The van der Waals surface area contributed by atoms with Crippen molar-refractivity contribution in [3.63, 3.8) is 0 Å². The molecular formula is C14H24N4O. The third-order valence-corrected chi connectivity index (χ3v) is 4.12. The molecule has 19 heavy (non-hydrogen) atoms. The Morgan fingerprint density at radius 2 is 2.26 bits per heavy atom. The number of likely N-dealkylation sites (tertiary alicyclic amines) is 1. The number of hydrogen-bond acceptors (Lipinski definition) is 3. The van der Waals surface area contributed by atoms with Gasteiger partial charge in [-0.3, -0.25) is 9.48 Å². The first kappa shape index (κ1) is 14.1. The number of rotatable bonds is 3. The lowest BCUT2D eigenvalue weighted by atomic mass is 9.90. The normalized spacial score (nSPS) is 23.7. The summed E-state index contributed by atoms with van der Waals surface area (Å²) in [6.07, 6.45) is 2.77. The van der Waals surface area contributed by atoms with E-state index in [2.05, 4.69) is 12.0 Å². The first-order chi connectivity index (χ1) is 9.06. The SMILES string of the molecule is CCc1cc(C(=O)N2CCC(N)C(CC)C2)n(C)n1. The van der Waals surface area contributed by atoms with Gasteiger partial charge in [0.1, 0.15) is 5.69 Å². The average Bonchev–Trinajstić information content (AvgIpc) is 2.80. The number of carbonyl (C=O) groups excluding carboxylic acids is 1. The van der Waals surface area contributed by atoms with E-state index in [1.54, 1.807) is 4.68 Å². The van der Waals surface area contributed by atoms with Crippen molar-refractivity contribution >= 4 is 5.91 Å². The van der Waals surface area contributed by atoms with E-state index < -0.39 is 0 Å². The first-order valence-corrected chi connectivity index (χ1v) is 7.14. The molecule has 1 amide bonds. The zero-order valence-electron chi connectivity index (χ0n) is 12.1. The molecule has 2 unspecified atom stereocenters. The largest absolute Gasteiger partial charge is 0.337 e. The van der Waals surface area contributed by atoms with Crippen LogP contribution < -0.4 is 5.73 Å². The lowest BCUT2D eigenvalue weighted by molar-refractivity contribution is 0.0638. The highest BCUT2D eigenvalue weighted by molar-refractivity contribution is 5.92. The summed E-state index contributed by atoms with van der Waals surface area (Å²) in [6.45, 7) is 5.70. The van der Waals surface area contributed by atoms with Gasteiger partial charge in [0.25, 0.3) is 5.91 Å². The van der Waals surface area contributed by atoms with Gasteiger partial charge in [-0.05, 0) is 24.8 Å². The van der Waals surface area contributed by atoms with Crippen LogP contribution in [0.3, 0.4) is 0 Å². The quantitative estimate of drug-likeness (QED) is 0.891. The van der Waals surface area contributed by atoms with Gasteiger partial charge in [0.2, 0.25) is 0 Å². The predicted octanol–water partition coefficient (Wildman–Crippen LogP) is 1.18. The molecule has 0 saturated carbocycles. The van der Waals surface area contributed by atoms with Gasteiger partial charge < -0.3 is 10.6 Å². The minimum atomic E-state index is 0.0834. The molecule has 1 aliphatic heterocycles. The highest BCUT2D eigenvalue weighted by Crippen LogP contribution is 2.20. The van der Waals surface area contributed by atoms with Gasteiger partial charge in [0.15, 0.2) is 0 Å². The molecule has 2 rings (SSSR count). The summed E-state index contributed by atoms with van der Waals surface area (Å²) in [5.74, 6) is 0.497. The zero-order chi connectivity index (χ0) is 14.0. The molecule has 5 nitrogen and oxygen atoms in total. The Morgan fingerprint density at radius 3 is 2.84 bits per heavy atom. The molecular weight excluding hydrogens is 240 g/mol. The van der Waals surface area contributed by atoms with E-state index >= 15 is 0 Å². The maximum atomic E-state index is 12.5. The van der Waals surface area contributed by atoms with Gasteiger partial charge in [-0.1, -0.05) is 20.3 Å². The van der Waals surface area contributed by atoms with E-state index in [-0.39, 0.29) is 11.9 Å². The number of nitrogens with two attached hydrogens (primary N) is 1. The summed E-state index contributed by atoms with van der Waals surface area (Å²) < 4.78 is 1.69. The Bertz CT molecular complexity index is 454. The smallest absolute Gasteiger partial charge is 0.272 e. The highest BCUT2D eigenvalue weighted by atomic mass is 16.2. The summed E-state index contributed by atoms with van der Waals surface area (Å²) in [7, 11) is 1.83. The second-order valence-electron chi connectivity index (χ2n) is 5.37. The van der Waals surface area contributed by atoms with Crippen LogP contribution in [0.5, 0.6) is 0 Å². The Kier molecular flexibility index (Phi) is 4.24. The molecule has 1 saturated heterocycles. The Morgan fingerprint density at radius 1 is 1.53 bits per heavy atom. The second kappa shape index (κ2) is 5.74. The van der Waals surface area contributed by atoms with Crippen LogP contribution in [0.25, 0.3) is 0 Å². The van der Waals surface area contributed by atoms with E-state index in [1.807, 2.05) is 24.9 Å². The number of carbonyl (C=O) groups is 1. The van der Waals surface area contributed by atoms with Crippen molar-refractivity contribution in [2.24, 2.45) is 18.7 Å². The highest BCUT2D eigenvalue weighted by Gasteiger charge is 2.29. The molecule has 0 aromatic carbocycles. The minimum absolute atomic E-state index is 0.0834. The van der Waals surface area contributed by atoms with Gasteiger partial charge in [0.05, 0.1) is 5.69 Å². The summed E-state index contributed by atoms with van der Waals surface area (Å²) >= 11 is 0. The van der Waals surface area contributed by atoms with E-state index in [9.17, 15) is 4.79 Å². The third-order valence-electron chi connectivity index (χ3n) is 4.12. The number of hydrogen-bond donors (Lipinski definition) is 1. The van der Waals surface area contributed by atoms with E-state index in [0.717, 1.165) is 38.0 Å². The van der Waals surface area contributed by atoms with Gasteiger partial charge in [-0.25, -0.2) is 0 Å². The van der Waals surface area contributed by atoms with Crippen molar-refractivity contribution in [3.05, 3.63) is 17.5 Å². The van der Waals surface area contributed by atoms with Gasteiger partial charge >= 0.3 is 0 Å². The lowest BCUT2D eigenvalue weighted by Gasteiger charge is -2.36. The molecule has 1 aromatic heterocycles. The molecule has 2 atom stereocenters. The average molecular weight is 264 g/mol. The van der Waals surface area contributed by atoms with Crippen LogP contribution in [0.2, 0.25) is 0 Å². The molecule has 0 radical (unpaired) electrons. The van der Waals surface area contributed by atoms with E-state index in [1.165, 1.54) is 0 Å². The van der Waals surface area contributed by atoms with Crippen LogP contribution >= 0.6 is 0 Å². The lowest BCUT2D eigenvalue weighted by Crippen LogP contribution is -2.49. The molecule has 106 valence electrons. The fraction of sp³-hybridized carbons (Fsp3) is 0.714. The Balaban J connectivity index is 2.13. The zero-order valence-corrected chi connectivity index (χ0v) is 12.1. The van der Waals surface area contributed by atoms with Crippen LogP contribution in [0.15, 0.2) is 6.07 Å². The maximum Gasteiger partial charge on any atom is 0.272 e. The van der Waals surface area contributed by atoms with Crippen molar-refractivity contribution in [1.82, 2.24) is 14.7 Å². The molecule has 1 aromatic rings. The van der Waals surface area contributed by atoms with Crippen molar-refractivity contribution in [2.75, 3.05) is 13.1 Å². The Labute approximate surface area is 114 Å². The monoisotopic (exact) mass is 264 g/mol. The van der Waals surface area contributed by atoms with Crippen molar-refractivity contribution in [3.8, 4) is 0 Å². The summed E-state index contributed by atoms with van der Waals surface area (Å²) in [4.78, 5) is 14.5. The van der Waals surface area contributed by atoms with Crippen LogP contribution in [0.4, 0.5) is 0 Å². The van der Waals surface area contributed by atoms with Crippen LogP contribution in [0, 0.1) is 5.92 Å². The van der Waals surface area contributed by atoms with Crippen molar-refractivity contribution in [2.45, 2.75) is 39.2 Å². The van der Waals surface area contributed by atoms with Gasteiger partial charge in [0, 0.05) is 26.2 Å². The third kappa shape index (κ3) is 2.81. The molecule has 0 aliphatic carbocycles. The molecule has 1 fully saturated rings. The predicted molar refractivity (Wildman–Crippen MR) is 74.9 cm³/mol. The first-order valence-electron chi connectivity index (χ1n) is 7.14. The molecule has 2 N–H and O–H groups in total. The van der Waals surface area contributed by atoms with Crippen LogP contribution in [-0.4, -0.2) is 39.7 Å². The molecule has 1 aliphatic rings. The standard InChI is InChI=1S/C14H24N4O/c1-4-10-9-18(7-6-12(10)15)14(19)13-8-11(5-2)16-17(13)3/h8,10,12H,4-7,9,15H2,1-3H3.